The van der Waals surface area contributed by atoms with Gasteiger partial charge in [-0.25, -0.2) is 4.98 Å². The van der Waals surface area contributed by atoms with E-state index in [0.29, 0.717) is 6.42 Å². The second-order valence-electron chi connectivity index (χ2n) is 3.39. The molecule has 15 heavy (non-hydrogen) atoms. The Kier molecular flexibility index (Phi) is 2.63. The minimum atomic E-state index is -0.00145. The molecule has 0 spiro atoms. The van der Waals surface area contributed by atoms with Crippen LogP contribution >= 0.6 is 0 Å². The number of rotatable bonds is 2. The maximum Gasteiger partial charge on any atom is 0.228 e. The molecule has 0 aliphatic carbocycles. The quantitative estimate of drug-likeness (QED) is 0.744. The van der Waals surface area contributed by atoms with Crippen LogP contribution in [0, 0.1) is 0 Å². The maximum atomic E-state index is 11.2. The van der Waals surface area contributed by atoms with Crippen molar-refractivity contribution in [1.82, 2.24) is 9.55 Å². The number of nitrogens with zero attached hydrogens (tertiary/aromatic N) is 2. The summed E-state index contributed by atoms with van der Waals surface area (Å²) in [6, 6.07) is 9.99. The molecule has 3 heteroatoms. The van der Waals surface area contributed by atoms with Gasteiger partial charge in [0, 0.05) is 25.7 Å². The van der Waals surface area contributed by atoms with E-state index >= 15 is 0 Å². The van der Waals surface area contributed by atoms with Crippen molar-refractivity contribution in [2.24, 2.45) is 0 Å². The number of imidazole rings is 1. The van der Waals surface area contributed by atoms with Crippen molar-refractivity contribution in [1.29, 1.82) is 0 Å². The summed E-state index contributed by atoms with van der Waals surface area (Å²) in [7, 11) is 0. The second-order valence-corrected chi connectivity index (χ2v) is 3.39. The van der Waals surface area contributed by atoms with Gasteiger partial charge in [-0.3, -0.25) is 9.36 Å². The molecule has 0 saturated heterocycles. The first kappa shape index (κ1) is 9.65. The molecule has 76 valence electrons. The molecule has 2 rings (SSSR count). The number of carbonyl (C=O) groups excluding carboxylic acids is 1. The van der Waals surface area contributed by atoms with Gasteiger partial charge in [-0.05, 0) is 5.56 Å². The number of hydrogen-bond donors (Lipinski definition) is 0. The monoisotopic (exact) mass is 200 g/mol. The summed E-state index contributed by atoms with van der Waals surface area (Å²) in [5, 5.41) is 0. The van der Waals surface area contributed by atoms with Crippen molar-refractivity contribution in [3.05, 3.63) is 54.1 Å². The maximum absolute atomic E-state index is 11.2. The highest BCUT2D eigenvalue weighted by Gasteiger charge is 2.06. The highest BCUT2D eigenvalue weighted by Crippen LogP contribution is 2.07. The third kappa shape index (κ3) is 2.13. The first-order valence-corrected chi connectivity index (χ1v) is 4.84. The predicted molar refractivity (Wildman–Crippen MR) is 57.8 cm³/mol. The Morgan fingerprint density at radius 2 is 2.07 bits per heavy atom. The lowest BCUT2D eigenvalue weighted by molar-refractivity contribution is 0.0933. The molecule has 2 aromatic rings. The van der Waals surface area contributed by atoms with Crippen molar-refractivity contribution in [2.75, 3.05) is 0 Å². The fourth-order valence-corrected chi connectivity index (χ4v) is 1.53. The van der Waals surface area contributed by atoms with Gasteiger partial charge in [-0.1, -0.05) is 30.3 Å². The van der Waals surface area contributed by atoms with Gasteiger partial charge >= 0.3 is 0 Å². The summed E-state index contributed by atoms with van der Waals surface area (Å²) in [4.78, 5) is 15.4. The van der Waals surface area contributed by atoms with Crippen molar-refractivity contribution < 1.29 is 4.79 Å². The van der Waals surface area contributed by atoms with Crippen LogP contribution in [0.15, 0.2) is 42.7 Å². The Morgan fingerprint density at radius 1 is 1.33 bits per heavy atom. The molecule has 0 fully saturated rings. The highest BCUT2D eigenvalue weighted by molar-refractivity contribution is 5.76. The molecule has 0 aliphatic heterocycles. The Hall–Kier alpha value is -1.90. The largest absolute Gasteiger partial charge is 0.274 e. The zero-order chi connectivity index (χ0) is 10.7. The fourth-order valence-electron chi connectivity index (χ4n) is 1.53. The van der Waals surface area contributed by atoms with Gasteiger partial charge in [-0.2, -0.15) is 0 Å². The third-order valence-electron chi connectivity index (χ3n) is 2.26. The van der Waals surface area contributed by atoms with E-state index in [1.165, 1.54) is 6.92 Å². The van der Waals surface area contributed by atoms with E-state index in [0.717, 1.165) is 11.4 Å². The Morgan fingerprint density at radius 3 is 2.73 bits per heavy atom. The summed E-state index contributed by atoms with van der Waals surface area (Å²) in [6.45, 7) is 1.54. The van der Waals surface area contributed by atoms with Gasteiger partial charge in [0.15, 0.2) is 0 Å². The molecule has 1 heterocycles. The first-order chi connectivity index (χ1) is 7.27. The molecule has 0 N–H and O–H groups in total. The second kappa shape index (κ2) is 4.09. The summed E-state index contributed by atoms with van der Waals surface area (Å²) >= 11 is 0. The van der Waals surface area contributed by atoms with Crippen molar-refractivity contribution in [3.8, 4) is 0 Å². The van der Waals surface area contributed by atoms with Crippen molar-refractivity contribution in [2.45, 2.75) is 13.3 Å². The molecule has 1 aromatic carbocycles. The van der Waals surface area contributed by atoms with Gasteiger partial charge in [0.2, 0.25) is 5.91 Å². The van der Waals surface area contributed by atoms with Crippen molar-refractivity contribution in [3.63, 3.8) is 0 Å². The third-order valence-corrected chi connectivity index (χ3v) is 2.26. The molecule has 0 amide bonds. The topological polar surface area (TPSA) is 34.9 Å². The van der Waals surface area contributed by atoms with E-state index in [1.54, 1.807) is 17.0 Å². The van der Waals surface area contributed by atoms with Crippen LogP contribution < -0.4 is 0 Å². The Labute approximate surface area is 88.4 Å². The molecular weight excluding hydrogens is 188 g/mol. The lowest BCUT2D eigenvalue weighted by atomic mass is 10.1. The van der Waals surface area contributed by atoms with Crippen LogP contribution in [0.5, 0.6) is 0 Å². The lowest BCUT2D eigenvalue weighted by Gasteiger charge is -2.03. The van der Waals surface area contributed by atoms with E-state index in [-0.39, 0.29) is 5.91 Å². The summed E-state index contributed by atoms with van der Waals surface area (Å²) in [5.74, 6) is 0.784. The van der Waals surface area contributed by atoms with Crippen LogP contribution in [0.3, 0.4) is 0 Å². The Balaban J connectivity index is 2.25. The molecular formula is C12H12N2O. The molecule has 3 nitrogen and oxygen atoms in total. The average Bonchev–Trinajstić information content (AvgIpc) is 2.67. The van der Waals surface area contributed by atoms with Crippen LogP contribution in [-0.2, 0) is 6.42 Å². The zero-order valence-electron chi connectivity index (χ0n) is 8.55. The normalized spacial score (nSPS) is 10.2. The Bertz CT molecular complexity index is 459. The molecule has 1 aromatic heterocycles. The molecule has 0 atom stereocenters. The smallest absolute Gasteiger partial charge is 0.228 e. The number of benzene rings is 1. The SMILES string of the molecule is CC(=O)n1ccnc1Cc1ccccc1. The van der Waals surface area contributed by atoms with E-state index in [2.05, 4.69) is 4.98 Å². The van der Waals surface area contributed by atoms with Gasteiger partial charge in [0.25, 0.3) is 0 Å². The minimum absolute atomic E-state index is 0.00145. The van der Waals surface area contributed by atoms with E-state index in [1.807, 2.05) is 30.3 Å². The molecule has 0 bridgehead atoms. The van der Waals surface area contributed by atoms with Gasteiger partial charge < -0.3 is 0 Å². The number of carbonyl (C=O) groups is 1. The van der Waals surface area contributed by atoms with Crippen LogP contribution in [-0.4, -0.2) is 15.5 Å². The van der Waals surface area contributed by atoms with Gasteiger partial charge in [0.1, 0.15) is 5.82 Å². The van der Waals surface area contributed by atoms with E-state index in [4.69, 9.17) is 0 Å². The van der Waals surface area contributed by atoms with Crippen LogP contribution in [0.2, 0.25) is 0 Å². The standard InChI is InChI=1S/C12H12N2O/c1-10(15)14-8-7-13-12(14)9-11-5-3-2-4-6-11/h2-8H,9H2,1H3. The predicted octanol–water partition coefficient (Wildman–Crippen LogP) is 2.13. The fraction of sp³-hybridized carbons (Fsp3) is 0.167. The summed E-state index contributed by atoms with van der Waals surface area (Å²) in [5.41, 5.74) is 1.16. The van der Waals surface area contributed by atoms with Crippen LogP contribution in [0.4, 0.5) is 0 Å². The minimum Gasteiger partial charge on any atom is -0.274 e. The molecule has 0 unspecified atom stereocenters. The number of aromatic nitrogens is 2. The summed E-state index contributed by atoms with van der Waals surface area (Å²) in [6.07, 6.45) is 4.04. The van der Waals surface area contributed by atoms with Crippen molar-refractivity contribution >= 4 is 5.91 Å². The zero-order valence-corrected chi connectivity index (χ0v) is 8.55. The first-order valence-electron chi connectivity index (χ1n) is 4.84. The number of hydrogen-bond acceptors (Lipinski definition) is 2. The molecule has 0 radical (unpaired) electrons. The van der Waals surface area contributed by atoms with Crippen LogP contribution in [0.25, 0.3) is 0 Å². The highest BCUT2D eigenvalue weighted by atomic mass is 16.1. The molecule has 0 saturated carbocycles. The average molecular weight is 200 g/mol. The lowest BCUT2D eigenvalue weighted by Crippen LogP contribution is -2.09. The molecule has 0 aliphatic rings. The van der Waals surface area contributed by atoms with Crippen LogP contribution in [0.1, 0.15) is 23.1 Å². The van der Waals surface area contributed by atoms with Gasteiger partial charge in [0.05, 0.1) is 0 Å². The van der Waals surface area contributed by atoms with Gasteiger partial charge in [-0.15, -0.1) is 0 Å². The van der Waals surface area contributed by atoms with E-state index in [9.17, 15) is 4.79 Å². The van der Waals surface area contributed by atoms with E-state index < -0.39 is 0 Å². The summed E-state index contributed by atoms with van der Waals surface area (Å²) < 4.78 is 1.58.